The van der Waals surface area contributed by atoms with Gasteiger partial charge in [-0.05, 0) is 38.5 Å². The smallest absolute Gasteiger partial charge is 0.407 e. The summed E-state index contributed by atoms with van der Waals surface area (Å²) in [5, 5.41) is 9.29. The van der Waals surface area contributed by atoms with Gasteiger partial charge in [0, 0.05) is 12.1 Å². The summed E-state index contributed by atoms with van der Waals surface area (Å²) in [7, 11) is -3.38. The third kappa shape index (κ3) is 4.94. The third-order valence-electron chi connectivity index (χ3n) is 3.89. The van der Waals surface area contributed by atoms with E-state index in [1.807, 2.05) is 6.92 Å². The van der Waals surface area contributed by atoms with Gasteiger partial charge >= 0.3 is 6.09 Å². The molecule has 0 aliphatic carbocycles. The first-order valence-corrected chi connectivity index (χ1v) is 8.84. The Labute approximate surface area is 121 Å². The normalized spacial score (nSPS) is 26.9. The highest BCUT2D eigenvalue weighted by Crippen LogP contribution is 2.38. The van der Waals surface area contributed by atoms with Crippen LogP contribution in [0.3, 0.4) is 0 Å². The second-order valence-electron chi connectivity index (χ2n) is 5.88. The largest absolute Gasteiger partial charge is 0.465 e. The standard InChI is InChI=1S/C13H25NO5S/c1-4-7-13(2)9-11(10-14(13)12(15)16)6-5-8-19-20(3,17)18/h11H,4-10H2,1-3H3,(H,15,16). The van der Waals surface area contributed by atoms with E-state index in [2.05, 4.69) is 6.92 Å². The highest BCUT2D eigenvalue weighted by molar-refractivity contribution is 7.85. The molecule has 0 aromatic carbocycles. The molecule has 6 nitrogen and oxygen atoms in total. The fourth-order valence-corrected chi connectivity index (χ4v) is 3.56. The summed E-state index contributed by atoms with van der Waals surface area (Å²) >= 11 is 0. The van der Waals surface area contributed by atoms with Gasteiger partial charge in [0.1, 0.15) is 0 Å². The highest BCUT2D eigenvalue weighted by atomic mass is 32.2. The van der Waals surface area contributed by atoms with E-state index in [4.69, 9.17) is 4.18 Å². The predicted molar refractivity (Wildman–Crippen MR) is 76.2 cm³/mol. The van der Waals surface area contributed by atoms with E-state index in [1.165, 1.54) is 0 Å². The first-order chi connectivity index (χ1) is 9.18. The van der Waals surface area contributed by atoms with Crippen molar-refractivity contribution in [1.29, 1.82) is 0 Å². The number of carboxylic acid groups (broad SMARTS) is 1. The molecule has 1 rings (SSSR count). The van der Waals surface area contributed by atoms with Gasteiger partial charge in [-0.3, -0.25) is 4.18 Å². The van der Waals surface area contributed by atoms with Crippen molar-refractivity contribution >= 4 is 16.2 Å². The van der Waals surface area contributed by atoms with Crippen LogP contribution < -0.4 is 0 Å². The van der Waals surface area contributed by atoms with Gasteiger partial charge in [0.05, 0.1) is 12.9 Å². The van der Waals surface area contributed by atoms with Crippen LogP contribution in [0.4, 0.5) is 4.79 Å². The number of hydrogen-bond acceptors (Lipinski definition) is 4. The van der Waals surface area contributed by atoms with Crippen LogP contribution >= 0.6 is 0 Å². The molecule has 118 valence electrons. The summed E-state index contributed by atoms with van der Waals surface area (Å²) < 4.78 is 26.4. The summed E-state index contributed by atoms with van der Waals surface area (Å²) in [6, 6.07) is 0. The molecule has 0 saturated carbocycles. The molecule has 1 fully saturated rings. The van der Waals surface area contributed by atoms with E-state index in [-0.39, 0.29) is 18.1 Å². The summed E-state index contributed by atoms with van der Waals surface area (Å²) in [6.45, 7) is 4.76. The molecule has 2 unspecified atom stereocenters. The molecule has 20 heavy (non-hydrogen) atoms. The van der Waals surface area contributed by atoms with Crippen molar-refractivity contribution in [3.63, 3.8) is 0 Å². The molecular weight excluding hydrogens is 282 g/mol. The molecule has 1 aliphatic heterocycles. The van der Waals surface area contributed by atoms with Crippen molar-refractivity contribution in [1.82, 2.24) is 4.90 Å². The maximum absolute atomic E-state index is 11.3. The quantitative estimate of drug-likeness (QED) is 0.576. The lowest BCUT2D eigenvalue weighted by Gasteiger charge is -2.32. The maximum atomic E-state index is 11.3. The third-order valence-corrected chi connectivity index (χ3v) is 4.49. The van der Waals surface area contributed by atoms with Crippen LogP contribution in [0.1, 0.15) is 46.0 Å². The number of hydrogen-bond donors (Lipinski definition) is 1. The minimum absolute atomic E-state index is 0.174. The molecule has 1 heterocycles. The van der Waals surface area contributed by atoms with Gasteiger partial charge in [-0.2, -0.15) is 8.42 Å². The molecule has 0 aromatic heterocycles. The molecule has 0 aromatic rings. The average Bonchev–Trinajstić information content (AvgIpc) is 2.61. The predicted octanol–water partition coefficient (Wildman–Crippen LogP) is 2.30. The number of rotatable bonds is 7. The zero-order chi connectivity index (χ0) is 15.4. The zero-order valence-electron chi connectivity index (χ0n) is 12.5. The van der Waals surface area contributed by atoms with Crippen LogP contribution in [-0.2, 0) is 14.3 Å². The van der Waals surface area contributed by atoms with Crippen LogP contribution in [0, 0.1) is 5.92 Å². The number of carbonyl (C=O) groups is 1. The Bertz CT molecular complexity index is 436. The van der Waals surface area contributed by atoms with E-state index in [0.717, 1.165) is 31.9 Å². The molecular formula is C13H25NO5S. The lowest BCUT2D eigenvalue weighted by atomic mass is 9.88. The molecule has 1 amide bonds. The fraction of sp³-hybridized carbons (Fsp3) is 0.923. The van der Waals surface area contributed by atoms with Gasteiger partial charge in [-0.15, -0.1) is 0 Å². The second-order valence-corrected chi connectivity index (χ2v) is 7.52. The second kappa shape index (κ2) is 6.76. The van der Waals surface area contributed by atoms with Gasteiger partial charge in [0.15, 0.2) is 0 Å². The molecule has 0 spiro atoms. The summed E-state index contributed by atoms with van der Waals surface area (Å²) in [5.41, 5.74) is -0.289. The summed E-state index contributed by atoms with van der Waals surface area (Å²) in [4.78, 5) is 12.9. The maximum Gasteiger partial charge on any atom is 0.407 e. The minimum atomic E-state index is -3.38. The van der Waals surface area contributed by atoms with Crippen LogP contribution in [0.15, 0.2) is 0 Å². The monoisotopic (exact) mass is 307 g/mol. The number of nitrogens with zero attached hydrogens (tertiary/aromatic N) is 1. The first-order valence-electron chi connectivity index (χ1n) is 7.03. The van der Waals surface area contributed by atoms with Crippen LogP contribution in [0.5, 0.6) is 0 Å². The van der Waals surface area contributed by atoms with Crippen LogP contribution in [0.25, 0.3) is 0 Å². The Kier molecular flexibility index (Phi) is 5.82. The van der Waals surface area contributed by atoms with Crippen molar-refractivity contribution in [2.75, 3.05) is 19.4 Å². The van der Waals surface area contributed by atoms with E-state index in [9.17, 15) is 18.3 Å². The average molecular weight is 307 g/mol. The van der Waals surface area contributed by atoms with Crippen molar-refractivity contribution in [2.24, 2.45) is 5.92 Å². The lowest BCUT2D eigenvalue weighted by Crippen LogP contribution is -2.44. The molecule has 1 saturated heterocycles. The molecule has 2 atom stereocenters. The van der Waals surface area contributed by atoms with E-state index < -0.39 is 16.2 Å². The van der Waals surface area contributed by atoms with Crippen molar-refractivity contribution in [3.8, 4) is 0 Å². The van der Waals surface area contributed by atoms with Gasteiger partial charge in [-0.1, -0.05) is 13.3 Å². The Morgan fingerprint density at radius 1 is 1.50 bits per heavy atom. The zero-order valence-corrected chi connectivity index (χ0v) is 13.3. The van der Waals surface area contributed by atoms with Gasteiger partial charge in [0.2, 0.25) is 0 Å². The fourth-order valence-electron chi connectivity index (χ4n) is 3.14. The van der Waals surface area contributed by atoms with Crippen molar-refractivity contribution < 1.29 is 22.5 Å². The van der Waals surface area contributed by atoms with Crippen LogP contribution in [-0.4, -0.2) is 49.5 Å². The molecule has 0 bridgehead atoms. The Balaban J connectivity index is 2.48. The first kappa shape index (κ1) is 17.2. The molecule has 7 heteroatoms. The molecule has 1 N–H and O–H groups in total. The summed E-state index contributed by atoms with van der Waals surface area (Å²) in [5.74, 6) is 0.283. The number of amides is 1. The Morgan fingerprint density at radius 3 is 2.65 bits per heavy atom. The molecule has 0 radical (unpaired) electrons. The minimum Gasteiger partial charge on any atom is -0.465 e. The van der Waals surface area contributed by atoms with Crippen LogP contribution in [0.2, 0.25) is 0 Å². The Morgan fingerprint density at radius 2 is 2.15 bits per heavy atom. The molecule has 1 aliphatic rings. The highest BCUT2D eigenvalue weighted by Gasteiger charge is 2.43. The number of likely N-dealkylation sites (tertiary alicyclic amines) is 1. The van der Waals surface area contributed by atoms with E-state index in [0.29, 0.717) is 13.0 Å². The van der Waals surface area contributed by atoms with Gasteiger partial charge < -0.3 is 10.0 Å². The SMILES string of the molecule is CCCC1(C)CC(CCCOS(C)(=O)=O)CN1C(=O)O. The summed E-state index contributed by atoms with van der Waals surface area (Å²) in [6.07, 6.45) is 4.24. The lowest BCUT2D eigenvalue weighted by molar-refractivity contribution is 0.105. The van der Waals surface area contributed by atoms with Crippen molar-refractivity contribution in [2.45, 2.75) is 51.5 Å². The van der Waals surface area contributed by atoms with E-state index >= 15 is 0 Å². The van der Waals surface area contributed by atoms with Crippen molar-refractivity contribution in [3.05, 3.63) is 0 Å². The Hall–Kier alpha value is -0.820. The van der Waals surface area contributed by atoms with E-state index in [1.54, 1.807) is 4.90 Å². The van der Waals surface area contributed by atoms with Gasteiger partial charge in [0.25, 0.3) is 10.1 Å². The van der Waals surface area contributed by atoms with Gasteiger partial charge in [-0.25, -0.2) is 4.79 Å². The topological polar surface area (TPSA) is 83.9 Å².